The topological polar surface area (TPSA) is 92.2 Å². The molecule has 1 atom stereocenters. The van der Waals surface area contributed by atoms with Crippen molar-refractivity contribution in [1.29, 1.82) is 0 Å². The van der Waals surface area contributed by atoms with Crippen LogP contribution < -0.4 is 5.32 Å². The number of hydrogen-bond donors (Lipinski definition) is 2. The molecule has 0 aliphatic rings. The minimum Gasteiger partial charge on any atom is -0.481 e. The number of carbonyl (C=O) groups is 2. The molecule has 0 saturated carbocycles. The standard InChI is InChI=1S/C21H19N3O3/c1-14-6-2-3-8-16(14)19(12-20(25)26)24-21(27)18-10-4-9-17(23-18)15-7-5-11-22-13-15/h2-11,13,19H,12H2,1H3,(H,24,27)(H,25,26)/t19-/m0/s1. The Labute approximate surface area is 156 Å². The number of rotatable bonds is 6. The molecule has 0 aliphatic heterocycles. The molecule has 6 heteroatoms. The van der Waals surface area contributed by atoms with Crippen molar-refractivity contribution >= 4 is 11.9 Å². The normalized spacial score (nSPS) is 11.6. The van der Waals surface area contributed by atoms with E-state index in [9.17, 15) is 14.7 Å². The van der Waals surface area contributed by atoms with E-state index in [1.165, 1.54) is 0 Å². The molecule has 3 aromatic rings. The molecule has 2 aromatic heterocycles. The highest BCUT2D eigenvalue weighted by Crippen LogP contribution is 2.22. The maximum absolute atomic E-state index is 12.7. The van der Waals surface area contributed by atoms with Crippen molar-refractivity contribution in [2.45, 2.75) is 19.4 Å². The number of pyridine rings is 2. The zero-order chi connectivity index (χ0) is 19.2. The highest BCUT2D eigenvalue weighted by Gasteiger charge is 2.21. The van der Waals surface area contributed by atoms with Gasteiger partial charge in [0.1, 0.15) is 5.69 Å². The average molecular weight is 361 g/mol. The number of nitrogens with zero attached hydrogens (tertiary/aromatic N) is 2. The first-order valence-corrected chi connectivity index (χ1v) is 8.50. The van der Waals surface area contributed by atoms with Gasteiger partial charge in [0.15, 0.2) is 0 Å². The maximum atomic E-state index is 12.7. The van der Waals surface area contributed by atoms with E-state index in [2.05, 4.69) is 15.3 Å². The number of carboxylic acids is 1. The van der Waals surface area contributed by atoms with E-state index in [1.54, 1.807) is 36.7 Å². The molecule has 0 fully saturated rings. The van der Waals surface area contributed by atoms with Crippen LogP contribution in [-0.4, -0.2) is 27.0 Å². The van der Waals surface area contributed by atoms with E-state index in [0.29, 0.717) is 5.69 Å². The Morgan fingerprint density at radius 2 is 1.89 bits per heavy atom. The summed E-state index contributed by atoms with van der Waals surface area (Å²) in [4.78, 5) is 32.5. The number of benzene rings is 1. The minimum atomic E-state index is -0.986. The number of aromatic nitrogens is 2. The van der Waals surface area contributed by atoms with Crippen LogP contribution in [0.4, 0.5) is 0 Å². The zero-order valence-corrected chi connectivity index (χ0v) is 14.8. The second-order valence-corrected chi connectivity index (χ2v) is 6.13. The SMILES string of the molecule is Cc1ccccc1[C@H](CC(=O)O)NC(=O)c1cccc(-c2cccnc2)n1. The van der Waals surface area contributed by atoms with Crippen LogP contribution >= 0.6 is 0 Å². The molecule has 0 unspecified atom stereocenters. The fourth-order valence-electron chi connectivity index (χ4n) is 2.86. The predicted molar refractivity (Wildman–Crippen MR) is 101 cm³/mol. The van der Waals surface area contributed by atoms with Crippen LogP contribution in [0.15, 0.2) is 67.0 Å². The average Bonchev–Trinajstić information content (AvgIpc) is 2.68. The molecular formula is C21H19N3O3. The lowest BCUT2D eigenvalue weighted by Crippen LogP contribution is -2.31. The van der Waals surface area contributed by atoms with Crippen molar-refractivity contribution in [3.63, 3.8) is 0 Å². The Hall–Kier alpha value is -3.54. The minimum absolute atomic E-state index is 0.209. The van der Waals surface area contributed by atoms with Crippen LogP contribution in [0.25, 0.3) is 11.3 Å². The molecule has 1 amide bonds. The van der Waals surface area contributed by atoms with E-state index in [0.717, 1.165) is 16.7 Å². The summed E-state index contributed by atoms with van der Waals surface area (Å²) in [5, 5.41) is 12.0. The van der Waals surface area contributed by atoms with Gasteiger partial charge in [-0.25, -0.2) is 4.98 Å². The van der Waals surface area contributed by atoms with Crippen LogP contribution in [-0.2, 0) is 4.79 Å². The van der Waals surface area contributed by atoms with Gasteiger partial charge in [-0.2, -0.15) is 0 Å². The molecule has 27 heavy (non-hydrogen) atoms. The van der Waals surface area contributed by atoms with Gasteiger partial charge in [0.05, 0.1) is 18.2 Å². The van der Waals surface area contributed by atoms with Crippen molar-refractivity contribution in [2.24, 2.45) is 0 Å². The number of amides is 1. The summed E-state index contributed by atoms with van der Waals surface area (Å²) in [7, 11) is 0. The summed E-state index contributed by atoms with van der Waals surface area (Å²) >= 11 is 0. The largest absolute Gasteiger partial charge is 0.481 e. The summed E-state index contributed by atoms with van der Waals surface area (Å²) in [5.74, 6) is -1.41. The fraction of sp³-hybridized carbons (Fsp3) is 0.143. The Morgan fingerprint density at radius 1 is 1.07 bits per heavy atom. The van der Waals surface area contributed by atoms with Crippen LogP contribution in [0.3, 0.4) is 0 Å². The van der Waals surface area contributed by atoms with Gasteiger partial charge in [0.25, 0.3) is 5.91 Å². The number of aliphatic carboxylic acids is 1. The maximum Gasteiger partial charge on any atom is 0.305 e. The Bertz CT molecular complexity index is 958. The molecule has 0 radical (unpaired) electrons. The molecule has 3 rings (SSSR count). The number of carbonyl (C=O) groups excluding carboxylic acids is 1. The van der Waals surface area contributed by atoms with E-state index in [4.69, 9.17) is 0 Å². The molecule has 2 N–H and O–H groups in total. The van der Waals surface area contributed by atoms with Gasteiger partial charge < -0.3 is 10.4 Å². The number of hydrogen-bond acceptors (Lipinski definition) is 4. The number of aryl methyl sites for hydroxylation is 1. The Kier molecular flexibility index (Phi) is 5.56. The summed E-state index contributed by atoms with van der Waals surface area (Å²) in [5.41, 5.74) is 3.34. The van der Waals surface area contributed by atoms with Gasteiger partial charge in [-0.1, -0.05) is 30.3 Å². The molecule has 0 bridgehead atoms. The van der Waals surface area contributed by atoms with Crippen LogP contribution in [0.2, 0.25) is 0 Å². The Morgan fingerprint density at radius 3 is 2.59 bits per heavy atom. The van der Waals surface area contributed by atoms with Crippen molar-refractivity contribution in [1.82, 2.24) is 15.3 Å². The molecule has 2 heterocycles. The first kappa shape index (κ1) is 18.3. The molecule has 0 saturated heterocycles. The van der Waals surface area contributed by atoms with Gasteiger partial charge in [-0.15, -0.1) is 0 Å². The Balaban J connectivity index is 1.86. The second kappa shape index (κ2) is 8.23. The highest BCUT2D eigenvalue weighted by molar-refractivity contribution is 5.93. The summed E-state index contributed by atoms with van der Waals surface area (Å²) < 4.78 is 0. The van der Waals surface area contributed by atoms with Gasteiger partial charge >= 0.3 is 5.97 Å². The second-order valence-electron chi connectivity index (χ2n) is 6.13. The third kappa shape index (κ3) is 4.55. The van der Waals surface area contributed by atoms with Gasteiger partial charge in [-0.3, -0.25) is 14.6 Å². The quantitative estimate of drug-likeness (QED) is 0.702. The van der Waals surface area contributed by atoms with E-state index < -0.39 is 17.9 Å². The first-order valence-electron chi connectivity index (χ1n) is 8.50. The van der Waals surface area contributed by atoms with Gasteiger partial charge in [-0.05, 0) is 42.3 Å². The monoisotopic (exact) mass is 361 g/mol. The molecule has 136 valence electrons. The smallest absolute Gasteiger partial charge is 0.305 e. The summed E-state index contributed by atoms with van der Waals surface area (Å²) in [6.07, 6.45) is 3.13. The van der Waals surface area contributed by atoms with Crippen LogP contribution in [0.5, 0.6) is 0 Å². The van der Waals surface area contributed by atoms with Crippen molar-refractivity contribution < 1.29 is 14.7 Å². The van der Waals surface area contributed by atoms with Gasteiger partial charge in [0, 0.05) is 18.0 Å². The third-order valence-electron chi connectivity index (χ3n) is 4.19. The van der Waals surface area contributed by atoms with Crippen molar-refractivity contribution in [3.05, 3.63) is 83.8 Å². The van der Waals surface area contributed by atoms with E-state index >= 15 is 0 Å². The van der Waals surface area contributed by atoms with E-state index in [1.807, 2.05) is 37.3 Å². The lowest BCUT2D eigenvalue weighted by Gasteiger charge is -2.19. The van der Waals surface area contributed by atoms with E-state index in [-0.39, 0.29) is 12.1 Å². The predicted octanol–water partition coefficient (Wildman–Crippen LogP) is 3.40. The number of carboxylic acid groups (broad SMARTS) is 1. The molecule has 0 aliphatic carbocycles. The summed E-state index contributed by atoms with van der Waals surface area (Å²) in [6, 6.07) is 15.6. The van der Waals surface area contributed by atoms with Crippen molar-refractivity contribution in [2.75, 3.05) is 0 Å². The van der Waals surface area contributed by atoms with Crippen LogP contribution in [0, 0.1) is 6.92 Å². The lowest BCUT2D eigenvalue weighted by atomic mass is 9.98. The van der Waals surface area contributed by atoms with Gasteiger partial charge in [0.2, 0.25) is 0 Å². The third-order valence-corrected chi connectivity index (χ3v) is 4.19. The molecule has 6 nitrogen and oxygen atoms in total. The number of nitrogens with one attached hydrogen (secondary N) is 1. The fourth-order valence-corrected chi connectivity index (χ4v) is 2.86. The molecular weight excluding hydrogens is 342 g/mol. The lowest BCUT2D eigenvalue weighted by molar-refractivity contribution is -0.137. The first-order chi connectivity index (χ1) is 13.0. The molecule has 0 spiro atoms. The zero-order valence-electron chi connectivity index (χ0n) is 14.8. The highest BCUT2D eigenvalue weighted by atomic mass is 16.4. The summed E-state index contributed by atoms with van der Waals surface area (Å²) in [6.45, 7) is 1.89. The van der Waals surface area contributed by atoms with Crippen molar-refractivity contribution in [3.8, 4) is 11.3 Å². The van der Waals surface area contributed by atoms with Crippen LogP contribution in [0.1, 0.15) is 34.1 Å². The molecule has 1 aromatic carbocycles.